The van der Waals surface area contributed by atoms with Crippen LogP contribution in [0.1, 0.15) is 0 Å². The van der Waals surface area contributed by atoms with Crippen molar-refractivity contribution in [2.45, 2.75) is 0 Å². The van der Waals surface area contributed by atoms with Gasteiger partial charge in [0, 0.05) is 65.5 Å². The summed E-state index contributed by atoms with van der Waals surface area (Å²) in [5.74, 6) is 0. The van der Waals surface area contributed by atoms with E-state index in [1.165, 1.54) is 115 Å². The van der Waals surface area contributed by atoms with E-state index in [1.807, 2.05) is 0 Å². The second kappa shape index (κ2) is 14.2. The molecule has 0 N–H and O–H groups in total. The zero-order chi connectivity index (χ0) is 44.5. The number of hydrogen-bond donors (Lipinski definition) is 0. The smallest absolute Gasteiger partial charge is 0.0562 e. The number of hydrogen-bond acceptors (Lipinski definition) is 0. The first-order valence-corrected chi connectivity index (χ1v) is 23.4. The fourth-order valence-corrected chi connectivity index (χ4v) is 11.7. The summed E-state index contributed by atoms with van der Waals surface area (Å²) in [5.41, 5.74) is 16.6. The van der Waals surface area contributed by atoms with E-state index in [1.54, 1.807) is 0 Å². The van der Waals surface area contributed by atoms with Crippen molar-refractivity contribution in [3.05, 3.63) is 243 Å². The van der Waals surface area contributed by atoms with Crippen LogP contribution in [0.3, 0.4) is 0 Å². The molecule has 0 saturated heterocycles. The lowest BCUT2D eigenvalue weighted by atomic mass is 9.96. The molecule has 0 saturated carbocycles. The maximum atomic E-state index is 2.49. The topological polar surface area (TPSA) is 19.7 Å². The second-order valence-corrected chi connectivity index (χ2v) is 18.0. The number of aromatic nitrogens is 4. The summed E-state index contributed by atoms with van der Waals surface area (Å²) in [6, 6.07) is 89.1. The maximum Gasteiger partial charge on any atom is 0.0562 e. The van der Waals surface area contributed by atoms with E-state index in [0.29, 0.717) is 0 Å². The Hall–Kier alpha value is -9.12. The Balaban J connectivity index is 0.903. The molecule has 0 atom stereocenters. The minimum Gasteiger partial charge on any atom is -0.309 e. The predicted octanol–water partition coefficient (Wildman–Crippen LogP) is 16.9. The minimum absolute atomic E-state index is 1.14. The molecule has 0 spiro atoms. The Morgan fingerprint density at radius 2 is 0.603 bits per heavy atom. The monoisotopic (exact) mass is 864 g/mol. The maximum absolute atomic E-state index is 2.49. The SMILES string of the molecule is c1ccc(-n2c3ccccc3c3cc4c5ccccc5n(-c5ccc(-c6ccc(-n7c8ccccc8c8c9c%10ccccc%10n(-c%10ccccc%10)c9ccc87)cc6)c6ccccc56)c4cc32)cc1. The number of rotatable bonds is 5. The zero-order valence-corrected chi connectivity index (χ0v) is 36.9. The van der Waals surface area contributed by atoms with Crippen molar-refractivity contribution in [3.8, 4) is 33.9 Å². The molecule has 0 amide bonds. The molecule has 4 heteroatoms. The first kappa shape index (κ1) is 37.1. The molecule has 15 rings (SSSR count). The molecular formula is C64H40N4. The molecule has 15 aromatic rings. The summed E-state index contributed by atoms with van der Waals surface area (Å²) < 4.78 is 9.76. The molecule has 68 heavy (non-hydrogen) atoms. The molecule has 4 aromatic heterocycles. The third-order valence-corrected chi connectivity index (χ3v) is 14.5. The van der Waals surface area contributed by atoms with Gasteiger partial charge in [0.05, 0.1) is 49.8 Å². The van der Waals surface area contributed by atoms with Crippen LogP contribution in [0.5, 0.6) is 0 Å². The fourth-order valence-electron chi connectivity index (χ4n) is 11.7. The first-order valence-electron chi connectivity index (χ1n) is 23.4. The molecule has 4 nitrogen and oxygen atoms in total. The van der Waals surface area contributed by atoms with Crippen LogP contribution in [0, 0.1) is 0 Å². The third-order valence-electron chi connectivity index (χ3n) is 14.5. The summed E-state index contributed by atoms with van der Waals surface area (Å²) in [6.07, 6.45) is 0. The predicted molar refractivity (Wildman–Crippen MR) is 287 cm³/mol. The molecule has 0 aliphatic heterocycles. The lowest BCUT2D eigenvalue weighted by Gasteiger charge is -2.16. The quantitative estimate of drug-likeness (QED) is 0.164. The highest BCUT2D eigenvalue weighted by Crippen LogP contribution is 2.44. The number of fused-ring (bicyclic) bond motifs is 14. The number of nitrogens with zero attached hydrogens (tertiary/aromatic N) is 4. The van der Waals surface area contributed by atoms with Crippen LogP contribution in [0.2, 0.25) is 0 Å². The summed E-state index contributed by atoms with van der Waals surface area (Å²) in [7, 11) is 0. The van der Waals surface area contributed by atoms with Crippen LogP contribution in [-0.4, -0.2) is 18.3 Å². The van der Waals surface area contributed by atoms with E-state index < -0.39 is 0 Å². The van der Waals surface area contributed by atoms with Crippen LogP contribution in [0.15, 0.2) is 243 Å². The van der Waals surface area contributed by atoms with Crippen LogP contribution in [-0.2, 0) is 0 Å². The highest BCUT2D eigenvalue weighted by Gasteiger charge is 2.22. The Morgan fingerprint density at radius 1 is 0.206 bits per heavy atom. The average molecular weight is 865 g/mol. The van der Waals surface area contributed by atoms with Crippen molar-refractivity contribution in [2.75, 3.05) is 0 Å². The molecule has 316 valence electrons. The van der Waals surface area contributed by atoms with Gasteiger partial charge in [0.1, 0.15) is 0 Å². The van der Waals surface area contributed by atoms with Crippen LogP contribution in [0.25, 0.3) is 132 Å². The van der Waals surface area contributed by atoms with Crippen molar-refractivity contribution in [2.24, 2.45) is 0 Å². The van der Waals surface area contributed by atoms with E-state index in [-0.39, 0.29) is 0 Å². The third kappa shape index (κ3) is 5.14. The van der Waals surface area contributed by atoms with Gasteiger partial charge in [-0.2, -0.15) is 0 Å². The molecule has 4 heterocycles. The normalized spacial score (nSPS) is 12.1. The first-order chi connectivity index (χ1) is 33.8. The summed E-state index contributed by atoms with van der Waals surface area (Å²) in [4.78, 5) is 0. The number of benzene rings is 11. The largest absolute Gasteiger partial charge is 0.309 e. The molecule has 11 aromatic carbocycles. The lowest BCUT2D eigenvalue weighted by molar-refractivity contribution is 1.17. The highest BCUT2D eigenvalue weighted by molar-refractivity contribution is 6.29. The zero-order valence-electron chi connectivity index (χ0n) is 36.9. The van der Waals surface area contributed by atoms with E-state index in [0.717, 1.165) is 17.1 Å². The van der Waals surface area contributed by atoms with Crippen molar-refractivity contribution in [1.82, 2.24) is 18.3 Å². The van der Waals surface area contributed by atoms with Crippen molar-refractivity contribution in [3.63, 3.8) is 0 Å². The highest BCUT2D eigenvalue weighted by atomic mass is 15.0. The van der Waals surface area contributed by atoms with Crippen molar-refractivity contribution < 1.29 is 0 Å². The average Bonchev–Trinajstić information content (AvgIpc) is 4.13. The van der Waals surface area contributed by atoms with Gasteiger partial charge in [-0.15, -0.1) is 0 Å². The Bertz CT molecular complexity index is 4530. The second-order valence-electron chi connectivity index (χ2n) is 18.0. The van der Waals surface area contributed by atoms with Crippen LogP contribution >= 0.6 is 0 Å². The Kier molecular flexibility index (Phi) is 7.75. The summed E-state index contributed by atoms with van der Waals surface area (Å²) >= 11 is 0. The Labute approximate surface area is 391 Å². The van der Waals surface area contributed by atoms with Crippen molar-refractivity contribution >= 4 is 98.0 Å². The summed E-state index contributed by atoms with van der Waals surface area (Å²) in [6.45, 7) is 0. The minimum atomic E-state index is 1.14. The van der Waals surface area contributed by atoms with Gasteiger partial charge >= 0.3 is 0 Å². The molecule has 0 fully saturated rings. The molecule has 0 radical (unpaired) electrons. The van der Waals surface area contributed by atoms with E-state index in [4.69, 9.17) is 0 Å². The van der Waals surface area contributed by atoms with E-state index in [2.05, 4.69) is 261 Å². The van der Waals surface area contributed by atoms with Gasteiger partial charge in [-0.05, 0) is 108 Å². The molecule has 0 aliphatic rings. The molecular weight excluding hydrogens is 825 g/mol. The van der Waals surface area contributed by atoms with Gasteiger partial charge in [-0.1, -0.05) is 152 Å². The fraction of sp³-hybridized carbons (Fsp3) is 0. The summed E-state index contributed by atoms with van der Waals surface area (Å²) in [5, 5.41) is 12.5. The van der Waals surface area contributed by atoms with Gasteiger partial charge in [-0.3, -0.25) is 0 Å². The van der Waals surface area contributed by atoms with Crippen molar-refractivity contribution in [1.29, 1.82) is 0 Å². The standard InChI is InChI=1S/C64H40N4/c1-3-17-42(18-4-1)65-56-29-15-11-25-50(56)63-59(65)37-38-60-64(63)51-26-12-16-30-57(51)66(60)44-33-31-41(32-34-44)45-35-36-58(47-22-8-7-21-46(45)47)68-55-28-14-10-24-49(55)53-39-52-48-23-9-13-27-54(48)67(61(52)40-62(53)68)43-19-5-2-6-20-43/h1-40H. The van der Waals surface area contributed by atoms with E-state index >= 15 is 0 Å². The van der Waals surface area contributed by atoms with Crippen LogP contribution < -0.4 is 0 Å². The van der Waals surface area contributed by atoms with Gasteiger partial charge in [0.25, 0.3) is 0 Å². The van der Waals surface area contributed by atoms with E-state index in [9.17, 15) is 0 Å². The van der Waals surface area contributed by atoms with Gasteiger partial charge in [-0.25, -0.2) is 0 Å². The Morgan fingerprint density at radius 3 is 1.15 bits per heavy atom. The molecule has 0 unspecified atom stereocenters. The molecule has 0 bridgehead atoms. The lowest BCUT2D eigenvalue weighted by Crippen LogP contribution is -1.98. The van der Waals surface area contributed by atoms with Gasteiger partial charge in [0.2, 0.25) is 0 Å². The van der Waals surface area contributed by atoms with Gasteiger partial charge in [0.15, 0.2) is 0 Å². The molecule has 0 aliphatic carbocycles. The van der Waals surface area contributed by atoms with Gasteiger partial charge < -0.3 is 18.3 Å². The van der Waals surface area contributed by atoms with Crippen LogP contribution in [0.4, 0.5) is 0 Å². The number of para-hydroxylation sites is 6.